The Bertz CT molecular complexity index is 1160. The first-order valence-electron chi connectivity index (χ1n) is 10.5. The highest BCUT2D eigenvalue weighted by atomic mass is 32.1. The molecule has 6 nitrogen and oxygen atoms in total. The van der Waals surface area contributed by atoms with E-state index in [9.17, 15) is 18.0 Å². The van der Waals surface area contributed by atoms with Gasteiger partial charge >= 0.3 is 0 Å². The first-order valence-corrected chi connectivity index (χ1v) is 10.5. The minimum atomic E-state index is -1.47. The summed E-state index contributed by atoms with van der Waals surface area (Å²) in [6, 6.07) is 3.73. The fourth-order valence-electron chi connectivity index (χ4n) is 4.07. The summed E-state index contributed by atoms with van der Waals surface area (Å²) in [5, 5.41) is 7.20. The summed E-state index contributed by atoms with van der Waals surface area (Å²) in [4.78, 5) is 18.9. The van der Waals surface area contributed by atoms with E-state index in [-0.39, 0.29) is 32.0 Å². The van der Waals surface area contributed by atoms with Crippen molar-refractivity contribution in [3.05, 3.63) is 70.6 Å². The Morgan fingerprint density at radius 1 is 1.09 bits per heavy atom. The largest absolute Gasteiger partial charge is 0.361 e. The Hall–Kier alpha value is -3.01. The molecule has 1 N–H and O–H groups in total. The van der Waals surface area contributed by atoms with Crippen molar-refractivity contribution in [3.63, 3.8) is 0 Å². The van der Waals surface area contributed by atoms with Crippen LogP contribution in [-0.2, 0) is 24.2 Å². The first kappa shape index (κ1) is 24.6. The van der Waals surface area contributed by atoms with Gasteiger partial charge in [-0.2, -0.15) is 18.6 Å². The normalized spacial score (nSPS) is 15.2. The van der Waals surface area contributed by atoms with E-state index in [2.05, 4.69) is 15.4 Å². The topological polar surface area (TPSA) is 63.1 Å². The van der Waals surface area contributed by atoms with Crippen molar-refractivity contribution in [1.29, 1.82) is 0 Å². The second-order valence-electron chi connectivity index (χ2n) is 8.04. The highest BCUT2D eigenvalue weighted by Crippen LogP contribution is 2.34. The van der Waals surface area contributed by atoms with Crippen molar-refractivity contribution in [2.75, 3.05) is 17.3 Å². The number of hydrogen-bond donors (Lipinski definition) is 1. The molecule has 0 spiro atoms. The molecule has 0 aliphatic carbocycles. The summed E-state index contributed by atoms with van der Waals surface area (Å²) < 4.78 is 41.5. The Morgan fingerprint density at radius 2 is 1.79 bits per heavy atom. The molecule has 10 heteroatoms. The lowest BCUT2D eigenvalue weighted by molar-refractivity contribution is -0.117. The van der Waals surface area contributed by atoms with Crippen LogP contribution in [0.25, 0.3) is 0 Å². The number of amides is 1. The van der Waals surface area contributed by atoms with Gasteiger partial charge in [-0.3, -0.25) is 14.5 Å². The zero-order valence-corrected chi connectivity index (χ0v) is 19.6. The molecule has 3 heterocycles. The van der Waals surface area contributed by atoms with Gasteiger partial charge in [-0.1, -0.05) is 6.92 Å². The summed E-state index contributed by atoms with van der Waals surface area (Å²) in [7, 11) is 1.92. The molecule has 1 aromatic carbocycles. The molecule has 4 rings (SSSR count). The van der Waals surface area contributed by atoms with E-state index in [0.717, 1.165) is 40.5 Å². The summed E-state index contributed by atoms with van der Waals surface area (Å²) in [5.41, 5.74) is 4.60. The number of benzene rings is 1. The van der Waals surface area contributed by atoms with Crippen LogP contribution in [0.15, 0.2) is 30.6 Å². The predicted molar refractivity (Wildman–Crippen MR) is 126 cm³/mol. The number of rotatable bonds is 6. The minimum absolute atomic E-state index is 0. The third kappa shape index (κ3) is 5.00. The second kappa shape index (κ2) is 9.86. The second-order valence-corrected chi connectivity index (χ2v) is 8.04. The Kier molecular flexibility index (Phi) is 7.36. The van der Waals surface area contributed by atoms with Crippen LogP contribution in [0.4, 0.5) is 24.5 Å². The lowest BCUT2D eigenvalue weighted by Gasteiger charge is -2.35. The number of halogens is 3. The number of aromatic nitrogens is 3. The van der Waals surface area contributed by atoms with Crippen molar-refractivity contribution < 1.29 is 18.0 Å². The number of fused-ring (bicyclic) bond motifs is 1. The summed E-state index contributed by atoms with van der Waals surface area (Å²) in [5.74, 6) is -3.92. The average molecular weight is 478 g/mol. The monoisotopic (exact) mass is 477 g/mol. The lowest BCUT2D eigenvalue weighted by atomic mass is 10.0. The molecule has 1 aliphatic rings. The molecule has 0 unspecified atom stereocenters. The van der Waals surface area contributed by atoms with Crippen LogP contribution in [0.2, 0.25) is 0 Å². The molecule has 0 bridgehead atoms. The minimum Gasteiger partial charge on any atom is -0.361 e. The molecule has 1 atom stereocenters. The van der Waals surface area contributed by atoms with Crippen LogP contribution in [0.5, 0.6) is 0 Å². The molecule has 0 saturated heterocycles. The van der Waals surface area contributed by atoms with Gasteiger partial charge in [0.15, 0.2) is 17.5 Å². The smallest absolute Gasteiger partial charge is 0.247 e. The van der Waals surface area contributed by atoms with E-state index >= 15 is 0 Å². The molecule has 1 aliphatic heterocycles. The van der Waals surface area contributed by atoms with Crippen LogP contribution in [0.1, 0.15) is 35.9 Å². The molecule has 33 heavy (non-hydrogen) atoms. The molecule has 2 aromatic heterocycles. The number of likely N-dealkylation sites (N-methyl/N-ethyl adjacent to an activating group) is 1. The van der Waals surface area contributed by atoms with E-state index in [1.807, 2.05) is 31.9 Å². The van der Waals surface area contributed by atoms with Gasteiger partial charge in [-0.25, -0.2) is 13.2 Å². The SMILES string of the molecule is CC[C@H]1C(=O)Nc2c(cc(CCc3cnn(Cc4cc(F)c(F)c(F)c4)c3)nc2C)N1C.S. The van der Waals surface area contributed by atoms with Crippen molar-refractivity contribution in [1.82, 2.24) is 14.8 Å². The average Bonchev–Trinajstić information content (AvgIpc) is 3.19. The maximum atomic E-state index is 13.4. The zero-order valence-electron chi connectivity index (χ0n) is 18.6. The van der Waals surface area contributed by atoms with Gasteiger partial charge in [-0.05, 0) is 55.5 Å². The van der Waals surface area contributed by atoms with Crippen molar-refractivity contribution in [3.8, 4) is 0 Å². The first-order chi connectivity index (χ1) is 15.3. The number of carbonyl (C=O) groups excluding carboxylic acids is 1. The maximum absolute atomic E-state index is 13.4. The number of nitrogens with zero attached hydrogens (tertiary/aromatic N) is 4. The molecule has 176 valence electrons. The van der Waals surface area contributed by atoms with Crippen LogP contribution in [0.3, 0.4) is 0 Å². The third-order valence-electron chi connectivity index (χ3n) is 5.76. The molecular formula is C23H26F3N5OS. The fraction of sp³-hybridized carbons (Fsp3) is 0.348. The van der Waals surface area contributed by atoms with E-state index in [0.29, 0.717) is 24.8 Å². The summed E-state index contributed by atoms with van der Waals surface area (Å²) in [6.45, 7) is 3.99. The Morgan fingerprint density at radius 3 is 2.45 bits per heavy atom. The highest BCUT2D eigenvalue weighted by Gasteiger charge is 2.30. The number of aryl methyl sites for hydroxylation is 3. The highest BCUT2D eigenvalue weighted by molar-refractivity contribution is 7.59. The van der Waals surface area contributed by atoms with Gasteiger partial charge in [0.1, 0.15) is 6.04 Å². The van der Waals surface area contributed by atoms with Gasteiger partial charge in [0, 0.05) is 18.9 Å². The third-order valence-corrected chi connectivity index (χ3v) is 5.76. The van der Waals surface area contributed by atoms with Crippen LogP contribution in [0, 0.1) is 24.4 Å². The number of anilines is 2. The Labute approximate surface area is 197 Å². The van der Waals surface area contributed by atoms with Gasteiger partial charge in [0.25, 0.3) is 0 Å². The standard InChI is InChI=1S/C23H24F3N5O.H2S/c1-4-19-23(32)29-22-13(2)28-16(9-20(22)30(19)3)6-5-14-10-27-31(11-14)12-15-7-17(24)21(26)18(25)8-15;/h7-11,19H,4-6,12H2,1-3H3,(H,29,32);1H2/t19-;/m0./s1. The number of nitrogens with one attached hydrogen (secondary N) is 1. The maximum Gasteiger partial charge on any atom is 0.247 e. The molecular weight excluding hydrogens is 451 g/mol. The van der Waals surface area contributed by atoms with Crippen molar-refractivity contribution >= 4 is 30.8 Å². The van der Waals surface area contributed by atoms with Gasteiger partial charge in [0.2, 0.25) is 5.91 Å². The van der Waals surface area contributed by atoms with E-state index in [1.165, 1.54) is 0 Å². The fourth-order valence-corrected chi connectivity index (χ4v) is 4.07. The van der Waals surface area contributed by atoms with Gasteiger partial charge in [-0.15, -0.1) is 0 Å². The van der Waals surface area contributed by atoms with E-state index in [1.54, 1.807) is 17.1 Å². The Balaban J connectivity index is 0.00000306. The van der Waals surface area contributed by atoms with E-state index < -0.39 is 17.5 Å². The molecule has 0 radical (unpaired) electrons. The van der Waals surface area contributed by atoms with Crippen molar-refractivity contribution in [2.24, 2.45) is 0 Å². The van der Waals surface area contributed by atoms with Crippen LogP contribution in [-0.4, -0.2) is 33.8 Å². The number of hydrogen-bond acceptors (Lipinski definition) is 4. The van der Waals surface area contributed by atoms with Crippen LogP contribution >= 0.6 is 13.5 Å². The molecule has 0 fully saturated rings. The summed E-state index contributed by atoms with van der Waals surface area (Å²) >= 11 is 0. The lowest BCUT2D eigenvalue weighted by Crippen LogP contribution is -2.46. The zero-order chi connectivity index (χ0) is 23.0. The van der Waals surface area contributed by atoms with Gasteiger partial charge in [0.05, 0.1) is 29.8 Å². The molecule has 0 saturated carbocycles. The number of carbonyl (C=O) groups is 1. The molecule has 3 aromatic rings. The number of pyridine rings is 1. The quantitative estimate of drug-likeness (QED) is 0.543. The predicted octanol–water partition coefficient (Wildman–Crippen LogP) is 4.12. The molecule has 1 amide bonds. The van der Waals surface area contributed by atoms with E-state index in [4.69, 9.17) is 0 Å². The van der Waals surface area contributed by atoms with Crippen LogP contribution < -0.4 is 10.2 Å². The summed E-state index contributed by atoms with van der Waals surface area (Å²) in [6.07, 6.45) is 5.53. The van der Waals surface area contributed by atoms with Crippen molar-refractivity contribution in [2.45, 2.75) is 45.7 Å². The van der Waals surface area contributed by atoms with Gasteiger partial charge < -0.3 is 10.2 Å².